The van der Waals surface area contributed by atoms with Crippen LogP contribution < -0.4 is 4.74 Å². The summed E-state index contributed by atoms with van der Waals surface area (Å²) in [5, 5.41) is 18.4. The van der Waals surface area contributed by atoms with E-state index in [2.05, 4.69) is 4.98 Å². The van der Waals surface area contributed by atoms with Crippen LogP contribution in [0.4, 0.5) is 0 Å². The van der Waals surface area contributed by atoms with Crippen molar-refractivity contribution < 1.29 is 24.5 Å². The van der Waals surface area contributed by atoms with Crippen LogP contribution in [0.1, 0.15) is 37.5 Å². The predicted molar refractivity (Wildman–Crippen MR) is 78.0 cm³/mol. The number of ether oxygens (including phenoxy) is 1. The first kappa shape index (κ1) is 15.7. The molecule has 2 N–H and O–H groups in total. The summed E-state index contributed by atoms with van der Waals surface area (Å²) in [6.45, 7) is 1.33. The summed E-state index contributed by atoms with van der Waals surface area (Å²) in [5.41, 5.74) is 1.71. The number of aromatic nitrogens is 1. The predicted octanol–water partition coefficient (Wildman–Crippen LogP) is 1.97. The van der Waals surface area contributed by atoms with Gasteiger partial charge in [-0.2, -0.15) is 0 Å². The first-order chi connectivity index (χ1) is 10.6. The molecule has 1 aromatic heterocycles. The van der Waals surface area contributed by atoms with E-state index in [1.807, 2.05) is 0 Å². The number of rotatable bonds is 6. The second-order valence-corrected chi connectivity index (χ2v) is 4.64. The number of aliphatic hydroxyl groups excluding tert-OH is 1. The standard InChI is InChI=1S/C16H15NO5/c1-10-15(14(8-19)12(7-18)6-17-10)22-9-11-4-2-3-5-13(11)16(20)21/h2-6,8,18H,7,9H2,1H3,(H,20,21). The van der Waals surface area contributed by atoms with Crippen LogP contribution in [0.3, 0.4) is 0 Å². The molecule has 0 aliphatic rings. The molecular weight excluding hydrogens is 286 g/mol. The SMILES string of the molecule is Cc1ncc(CO)c(C=O)c1OCc1ccccc1C(=O)O. The van der Waals surface area contributed by atoms with Crippen LogP contribution in [0.2, 0.25) is 0 Å². The van der Waals surface area contributed by atoms with Gasteiger partial charge in [0.05, 0.1) is 23.4 Å². The van der Waals surface area contributed by atoms with Crippen molar-refractivity contribution in [2.24, 2.45) is 0 Å². The van der Waals surface area contributed by atoms with Crippen LogP contribution in [0.15, 0.2) is 30.5 Å². The molecule has 6 nitrogen and oxygen atoms in total. The fourth-order valence-corrected chi connectivity index (χ4v) is 2.09. The number of hydrogen-bond acceptors (Lipinski definition) is 5. The van der Waals surface area contributed by atoms with Crippen molar-refractivity contribution in [1.82, 2.24) is 4.98 Å². The molecule has 22 heavy (non-hydrogen) atoms. The lowest BCUT2D eigenvalue weighted by Gasteiger charge is -2.14. The molecule has 0 atom stereocenters. The van der Waals surface area contributed by atoms with Gasteiger partial charge in [-0.25, -0.2) is 4.79 Å². The maximum absolute atomic E-state index is 11.2. The van der Waals surface area contributed by atoms with Crippen LogP contribution in [0, 0.1) is 6.92 Å². The number of carbonyl (C=O) groups excluding carboxylic acids is 1. The van der Waals surface area contributed by atoms with Crippen molar-refractivity contribution in [3.8, 4) is 5.75 Å². The van der Waals surface area contributed by atoms with Gasteiger partial charge in [-0.15, -0.1) is 0 Å². The van der Waals surface area contributed by atoms with Gasteiger partial charge < -0.3 is 14.9 Å². The number of carboxylic acids is 1. The molecule has 0 aliphatic carbocycles. The first-order valence-electron chi connectivity index (χ1n) is 6.57. The molecule has 0 unspecified atom stereocenters. The van der Waals surface area contributed by atoms with E-state index in [1.54, 1.807) is 25.1 Å². The summed E-state index contributed by atoms with van der Waals surface area (Å²) >= 11 is 0. The van der Waals surface area contributed by atoms with E-state index in [1.165, 1.54) is 12.3 Å². The van der Waals surface area contributed by atoms with Crippen molar-refractivity contribution in [2.75, 3.05) is 0 Å². The molecule has 0 amide bonds. The number of benzene rings is 1. The normalized spacial score (nSPS) is 10.3. The third kappa shape index (κ3) is 3.12. The highest BCUT2D eigenvalue weighted by molar-refractivity contribution is 5.89. The highest BCUT2D eigenvalue weighted by atomic mass is 16.5. The Kier molecular flexibility index (Phi) is 4.85. The van der Waals surface area contributed by atoms with Crippen LogP contribution in [-0.2, 0) is 13.2 Å². The Labute approximate surface area is 127 Å². The van der Waals surface area contributed by atoms with Crippen LogP contribution in [-0.4, -0.2) is 27.5 Å². The molecule has 0 aliphatic heterocycles. The van der Waals surface area contributed by atoms with Gasteiger partial charge in [-0.05, 0) is 13.0 Å². The maximum Gasteiger partial charge on any atom is 0.336 e. The molecule has 1 heterocycles. The van der Waals surface area contributed by atoms with Crippen molar-refractivity contribution in [1.29, 1.82) is 0 Å². The Balaban J connectivity index is 2.33. The van der Waals surface area contributed by atoms with E-state index in [0.29, 0.717) is 23.1 Å². The van der Waals surface area contributed by atoms with Gasteiger partial charge in [-0.3, -0.25) is 9.78 Å². The Morgan fingerprint density at radius 2 is 2.05 bits per heavy atom. The minimum atomic E-state index is -1.05. The fourth-order valence-electron chi connectivity index (χ4n) is 2.09. The Hall–Kier alpha value is -2.73. The molecular formula is C16H15NO5. The molecule has 2 rings (SSSR count). The maximum atomic E-state index is 11.2. The summed E-state index contributed by atoms with van der Waals surface area (Å²) in [6.07, 6.45) is 2.01. The monoisotopic (exact) mass is 301 g/mol. The second-order valence-electron chi connectivity index (χ2n) is 4.64. The van der Waals surface area contributed by atoms with E-state index in [0.717, 1.165) is 0 Å². The average Bonchev–Trinajstić information content (AvgIpc) is 2.53. The Morgan fingerprint density at radius 3 is 2.68 bits per heavy atom. The number of aromatic carboxylic acids is 1. The molecule has 0 saturated heterocycles. The van der Waals surface area contributed by atoms with E-state index < -0.39 is 5.97 Å². The van der Waals surface area contributed by atoms with Gasteiger partial charge in [0, 0.05) is 17.3 Å². The van der Waals surface area contributed by atoms with Gasteiger partial charge in [0.25, 0.3) is 0 Å². The number of hydrogen-bond donors (Lipinski definition) is 2. The lowest BCUT2D eigenvalue weighted by molar-refractivity contribution is 0.0693. The molecule has 114 valence electrons. The third-order valence-corrected chi connectivity index (χ3v) is 3.24. The molecule has 2 aromatic rings. The lowest BCUT2D eigenvalue weighted by Crippen LogP contribution is -2.08. The zero-order valence-electron chi connectivity index (χ0n) is 11.9. The quantitative estimate of drug-likeness (QED) is 0.792. The van der Waals surface area contributed by atoms with E-state index >= 15 is 0 Å². The number of carboxylic acid groups (broad SMARTS) is 1. The molecule has 0 radical (unpaired) electrons. The number of nitrogens with zero attached hydrogens (tertiary/aromatic N) is 1. The highest BCUT2D eigenvalue weighted by Crippen LogP contribution is 2.25. The number of aryl methyl sites for hydroxylation is 1. The number of aldehydes is 1. The Bertz CT molecular complexity index is 712. The second kappa shape index (κ2) is 6.82. The summed E-state index contributed by atoms with van der Waals surface area (Å²) in [4.78, 5) is 26.5. The topological polar surface area (TPSA) is 96.7 Å². The first-order valence-corrected chi connectivity index (χ1v) is 6.57. The van der Waals surface area contributed by atoms with Gasteiger partial charge in [-0.1, -0.05) is 18.2 Å². The lowest BCUT2D eigenvalue weighted by atomic mass is 10.1. The number of pyridine rings is 1. The number of carbonyl (C=O) groups is 2. The van der Waals surface area contributed by atoms with Crippen LogP contribution in [0.25, 0.3) is 0 Å². The minimum Gasteiger partial charge on any atom is -0.486 e. The zero-order valence-corrected chi connectivity index (χ0v) is 11.9. The van der Waals surface area contributed by atoms with Crippen LogP contribution in [0.5, 0.6) is 5.75 Å². The molecule has 0 saturated carbocycles. The summed E-state index contributed by atoms with van der Waals surface area (Å²) in [5.74, 6) is -0.796. The van der Waals surface area contributed by atoms with Gasteiger partial charge in [0.1, 0.15) is 6.61 Å². The summed E-state index contributed by atoms with van der Waals surface area (Å²) < 4.78 is 5.61. The summed E-state index contributed by atoms with van der Waals surface area (Å²) in [7, 11) is 0. The average molecular weight is 301 g/mol. The summed E-state index contributed by atoms with van der Waals surface area (Å²) in [6, 6.07) is 6.46. The van der Waals surface area contributed by atoms with E-state index in [4.69, 9.17) is 9.84 Å². The van der Waals surface area contributed by atoms with Crippen LogP contribution >= 0.6 is 0 Å². The van der Waals surface area contributed by atoms with Gasteiger partial charge in [0.15, 0.2) is 12.0 Å². The highest BCUT2D eigenvalue weighted by Gasteiger charge is 2.15. The van der Waals surface area contributed by atoms with Crippen molar-refractivity contribution >= 4 is 12.3 Å². The largest absolute Gasteiger partial charge is 0.486 e. The fraction of sp³-hybridized carbons (Fsp3) is 0.188. The van der Waals surface area contributed by atoms with Crippen molar-refractivity contribution in [2.45, 2.75) is 20.1 Å². The van der Waals surface area contributed by atoms with E-state index in [9.17, 15) is 14.7 Å². The molecule has 0 fully saturated rings. The minimum absolute atomic E-state index is 0.0132. The molecule has 6 heteroatoms. The van der Waals surface area contributed by atoms with Gasteiger partial charge >= 0.3 is 5.97 Å². The Morgan fingerprint density at radius 1 is 1.32 bits per heavy atom. The van der Waals surface area contributed by atoms with Crippen molar-refractivity contribution in [3.63, 3.8) is 0 Å². The third-order valence-electron chi connectivity index (χ3n) is 3.24. The van der Waals surface area contributed by atoms with E-state index in [-0.39, 0.29) is 30.1 Å². The molecule has 0 spiro atoms. The smallest absolute Gasteiger partial charge is 0.336 e. The van der Waals surface area contributed by atoms with Gasteiger partial charge in [0.2, 0.25) is 0 Å². The van der Waals surface area contributed by atoms with Crippen molar-refractivity contribution in [3.05, 3.63) is 58.4 Å². The molecule has 1 aromatic carbocycles. The number of aliphatic hydroxyl groups is 1. The zero-order chi connectivity index (χ0) is 16.1. The molecule has 0 bridgehead atoms.